The first kappa shape index (κ1) is 9.64. The number of aromatic amines is 1. The summed E-state index contributed by atoms with van der Waals surface area (Å²) in [7, 11) is 0. The molecule has 5 nitrogen and oxygen atoms in total. The summed E-state index contributed by atoms with van der Waals surface area (Å²) < 4.78 is 1.92. The maximum Gasteiger partial charge on any atom is 0.248 e. The van der Waals surface area contributed by atoms with Gasteiger partial charge in [-0.25, -0.2) is 0 Å². The van der Waals surface area contributed by atoms with Crippen molar-refractivity contribution >= 4 is 0 Å². The van der Waals surface area contributed by atoms with Crippen LogP contribution in [0.25, 0.3) is 11.5 Å². The highest BCUT2D eigenvalue weighted by molar-refractivity contribution is 5.48. The normalized spacial score (nSPS) is 10.5. The van der Waals surface area contributed by atoms with E-state index < -0.39 is 0 Å². The number of hydrogen-bond acceptors (Lipinski definition) is 3. The van der Waals surface area contributed by atoms with Gasteiger partial charge in [0.2, 0.25) is 5.56 Å². The first-order chi connectivity index (χ1) is 7.31. The van der Waals surface area contributed by atoms with E-state index in [2.05, 4.69) is 22.1 Å². The van der Waals surface area contributed by atoms with Crippen molar-refractivity contribution in [3.63, 3.8) is 0 Å². The van der Waals surface area contributed by atoms with Crippen LogP contribution in [0.15, 0.2) is 29.3 Å². The van der Waals surface area contributed by atoms with Gasteiger partial charge in [0.05, 0.1) is 5.69 Å². The van der Waals surface area contributed by atoms with Crippen molar-refractivity contribution in [2.75, 3.05) is 0 Å². The largest absolute Gasteiger partial charge is 0.319 e. The highest BCUT2D eigenvalue weighted by Crippen LogP contribution is 2.11. The zero-order chi connectivity index (χ0) is 10.7. The Kier molecular flexibility index (Phi) is 2.62. The minimum absolute atomic E-state index is 0.126. The van der Waals surface area contributed by atoms with Crippen molar-refractivity contribution in [2.24, 2.45) is 0 Å². The Balaban J connectivity index is 2.44. The molecule has 0 atom stereocenters. The Morgan fingerprint density at radius 3 is 3.07 bits per heavy atom. The maximum absolute atomic E-state index is 11.1. The van der Waals surface area contributed by atoms with E-state index in [0.717, 1.165) is 13.0 Å². The molecular weight excluding hydrogens is 192 g/mol. The Morgan fingerprint density at radius 1 is 1.47 bits per heavy atom. The van der Waals surface area contributed by atoms with E-state index in [4.69, 9.17) is 0 Å². The summed E-state index contributed by atoms with van der Waals surface area (Å²) in [4.78, 5) is 13.9. The minimum Gasteiger partial charge on any atom is -0.319 e. The average Bonchev–Trinajstić information content (AvgIpc) is 2.66. The average molecular weight is 204 g/mol. The standard InChI is InChI=1S/C10H12N4O/c1-2-6-14-7-11-13-10(14)8-4-3-5-9(15)12-8/h3-5,7H,2,6H2,1H3,(H,12,15). The first-order valence-corrected chi connectivity index (χ1v) is 4.89. The molecule has 0 bridgehead atoms. The highest BCUT2D eigenvalue weighted by Gasteiger charge is 2.06. The van der Waals surface area contributed by atoms with Crippen LogP contribution in [0.5, 0.6) is 0 Å². The Morgan fingerprint density at radius 2 is 2.33 bits per heavy atom. The van der Waals surface area contributed by atoms with E-state index in [9.17, 15) is 4.79 Å². The molecule has 0 saturated carbocycles. The van der Waals surface area contributed by atoms with Gasteiger partial charge in [-0.05, 0) is 12.5 Å². The van der Waals surface area contributed by atoms with Crippen molar-refractivity contribution in [3.05, 3.63) is 34.9 Å². The molecular formula is C10H12N4O. The van der Waals surface area contributed by atoms with Crippen molar-refractivity contribution in [3.8, 4) is 11.5 Å². The lowest BCUT2D eigenvalue weighted by Crippen LogP contribution is -2.07. The second kappa shape index (κ2) is 4.08. The Bertz CT molecular complexity index is 500. The molecule has 0 saturated heterocycles. The molecule has 2 heterocycles. The van der Waals surface area contributed by atoms with E-state index in [1.165, 1.54) is 6.07 Å². The quantitative estimate of drug-likeness (QED) is 0.812. The molecule has 15 heavy (non-hydrogen) atoms. The van der Waals surface area contributed by atoms with E-state index in [0.29, 0.717) is 11.5 Å². The summed E-state index contributed by atoms with van der Waals surface area (Å²) in [6, 6.07) is 5.00. The number of aromatic nitrogens is 4. The molecule has 2 aromatic heterocycles. The molecule has 0 fully saturated rings. The van der Waals surface area contributed by atoms with E-state index in [-0.39, 0.29) is 5.56 Å². The lowest BCUT2D eigenvalue weighted by atomic mass is 10.3. The third kappa shape index (κ3) is 1.96. The summed E-state index contributed by atoms with van der Waals surface area (Å²) in [5, 5.41) is 7.83. The summed E-state index contributed by atoms with van der Waals surface area (Å²) in [5.41, 5.74) is 0.576. The van der Waals surface area contributed by atoms with Crippen molar-refractivity contribution in [1.29, 1.82) is 0 Å². The van der Waals surface area contributed by atoms with Crippen molar-refractivity contribution < 1.29 is 0 Å². The maximum atomic E-state index is 11.1. The van der Waals surface area contributed by atoms with Gasteiger partial charge in [0.15, 0.2) is 5.82 Å². The molecule has 0 aliphatic carbocycles. The van der Waals surface area contributed by atoms with Crippen LogP contribution in [0, 0.1) is 0 Å². The van der Waals surface area contributed by atoms with Gasteiger partial charge >= 0.3 is 0 Å². The number of nitrogens with zero attached hydrogens (tertiary/aromatic N) is 3. The summed E-state index contributed by atoms with van der Waals surface area (Å²) >= 11 is 0. The second-order valence-electron chi connectivity index (χ2n) is 3.28. The molecule has 2 aromatic rings. The third-order valence-corrected chi connectivity index (χ3v) is 2.09. The topological polar surface area (TPSA) is 63.6 Å². The molecule has 0 radical (unpaired) electrons. The molecule has 0 unspecified atom stereocenters. The van der Waals surface area contributed by atoms with E-state index in [1.807, 2.05) is 10.6 Å². The fraction of sp³-hybridized carbons (Fsp3) is 0.300. The van der Waals surface area contributed by atoms with Crippen LogP contribution in [0.2, 0.25) is 0 Å². The first-order valence-electron chi connectivity index (χ1n) is 4.89. The highest BCUT2D eigenvalue weighted by atomic mass is 16.1. The van der Waals surface area contributed by atoms with Crippen LogP contribution in [0.3, 0.4) is 0 Å². The zero-order valence-corrected chi connectivity index (χ0v) is 8.47. The fourth-order valence-electron chi connectivity index (χ4n) is 1.45. The van der Waals surface area contributed by atoms with Gasteiger partial charge in [0.1, 0.15) is 6.33 Å². The van der Waals surface area contributed by atoms with Gasteiger partial charge in [-0.1, -0.05) is 13.0 Å². The number of rotatable bonds is 3. The Labute approximate surface area is 86.8 Å². The van der Waals surface area contributed by atoms with Crippen LogP contribution < -0.4 is 5.56 Å². The van der Waals surface area contributed by atoms with Crippen LogP contribution in [-0.4, -0.2) is 19.7 Å². The smallest absolute Gasteiger partial charge is 0.248 e. The van der Waals surface area contributed by atoms with Crippen LogP contribution in [-0.2, 0) is 6.54 Å². The van der Waals surface area contributed by atoms with Gasteiger partial charge in [0.25, 0.3) is 0 Å². The van der Waals surface area contributed by atoms with Crippen LogP contribution in [0.4, 0.5) is 0 Å². The van der Waals surface area contributed by atoms with Crippen molar-refractivity contribution in [2.45, 2.75) is 19.9 Å². The van der Waals surface area contributed by atoms with E-state index >= 15 is 0 Å². The van der Waals surface area contributed by atoms with Gasteiger partial charge in [-0.2, -0.15) is 0 Å². The molecule has 0 aromatic carbocycles. The number of pyridine rings is 1. The SMILES string of the molecule is CCCn1cnnc1-c1cccc(=O)[nH]1. The predicted octanol–water partition coefficient (Wildman–Crippen LogP) is 1.04. The lowest BCUT2D eigenvalue weighted by molar-refractivity contribution is 0.681. The number of aryl methyl sites for hydroxylation is 1. The van der Waals surface area contributed by atoms with Gasteiger partial charge in [-0.3, -0.25) is 4.79 Å². The Hall–Kier alpha value is -1.91. The second-order valence-corrected chi connectivity index (χ2v) is 3.28. The molecule has 5 heteroatoms. The number of hydrogen-bond donors (Lipinski definition) is 1. The third-order valence-electron chi connectivity index (χ3n) is 2.09. The van der Waals surface area contributed by atoms with Crippen LogP contribution >= 0.6 is 0 Å². The van der Waals surface area contributed by atoms with Gasteiger partial charge < -0.3 is 9.55 Å². The minimum atomic E-state index is -0.126. The lowest BCUT2D eigenvalue weighted by Gasteiger charge is -2.03. The molecule has 0 amide bonds. The van der Waals surface area contributed by atoms with Crippen LogP contribution in [0.1, 0.15) is 13.3 Å². The molecule has 0 aliphatic rings. The monoisotopic (exact) mass is 204 g/mol. The number of H-pyrrole nitrogens is 1. The zero-order valence-electron chi connectivity index (χ0n) is 8.47. The molecule has 78 valence electrons. The molecule has 0 spiro atoms. The van der Waals surface area contributed by atoms with Crippen molar-refractivity contribution in [1.82, 2.24) is 19.7 Å². The molecule has 1 N–H and O–H groups in total. The summed E-state index contributed by atoms with van der Waals surface area (Å²) in [6.07, 6.45) is 2.67. The fourth-order valence-corrected chi connectivity index (χ4v) is 1.45. The predicted molar refractivity (Wildman–Crippen MR) is 56.4 cm³/mol. The molecule has 2 rings (SSSR count). The number of nitrogens with one attached hydrogen (secondary N) is 1. The van der Waals surface area contributed by atoms with E-state index in [1.54, 1.807) is 12.4 Å². The van der Waals surface area contributed by atoms with Gasteiger partial charge in [-0.15, -0.1) is 10.2 Å². The summed E-state index contributed by atoms with van der Waals surface area (Å²) in [6.45, 7) is 2.93. The van der Waals surface area contributed by atoms with Gasteiger partial charge in [0, 0.05) is 12.6 Å². The summed E-state index contributed by atoms with van der Waals surface area (Å²) in [5.74, 6) is 0.703. The molecule has 0 aliphatic heterocycles.